The molecule has 16 heavy (non-hydrogen) atoms. The summed E-state index contributed by atoms with van der Waals surface area (Å²) in [4.78, 5) is 0. The topological polar surface area (TPSA) is 66.5 Å². The SMILES string of the molecule is NC1c2ccccc2CC1SCC(O)CO. The van der Waals surface area contributed by atoms with Crippen LogP contribution >= 0.6 is 11.8 Å². The van der Waals surface area contributed by atoms with E-state index in [1.165, 1.54) is 11.1 Å². The second kappa shape index (κ2) is 5.19. The van der Waals surface area contributed by atoms with Crippen LogP contribution in [-0.4, -0.2) is 33.9 Å². The first-order valence-corrected chi connectivity index (χ1v) is 6.51. The van der Waals surface area contributed by atoms with Gasteiger partial charge in [0.05, 0.1) is 12.7 Å². The first-order valence-electron chi connectivity index (χ1n) is 5.46. The molecular weight excluding hydrogens is 222 g/mol. The summed E-state index contributed by atoms with van der Waals surface area (Å²) in [5.74, 6) is 0.544. The maximum Gasteiger partial charge on any atom is 0.0861 e. The Bertz CT molecular complexity index is 359. The fraction of sp³-hybridized carbons (Fsp3) is 0.500. The average Bonchev–Trinajstić information content (AvgIpc) is 2.64. The highest BCUT2D eigenvalue weighted by molar-refractivity contribution is 8.00. The van der Waals surface area contributed by atoms with Gasteiger partial charge >= 0.3 is 0 Å². The fourth-order valence-electron chi connectivity index (χ4n) is 2.04. The molecule has 0 spiro atoms. The highest BCUT2D eigenvalue weighted by atomic mass is 32.2. The second-order valence-corrected chi connectivity index (χ2v) is 5.41. The molecule has 2 rings (SSSR count). The number of rotatable bonds is 4. The number of thioether (sulfide) groups is 1. The molecule has 3 nitrogen and oxygen atoms in total. The van der Waals surface area contributed by atoms with Crippen LogP contribution in [0.5, 0.6) is 0 Å². The predicted molar refractivity (Wildman–Crippen MR) is 66.4 cm³/mol. The lowest BCUT2D eigenvalue weighted by atomic mass is 10.1. The molecule has 0 saturated heterocycles. The average molecular weight is 239 g/mol. The van der Waals surface area contributed by atoms with Crippen LogP contribution in [0.1, 0.15) is 17.2 Å². The van der Waals surface area contributed by atoms with Crippen LogP contribution in [0.2, 0.25) is 0 Å². The molecule has 1 aliphatic carbocycles. The van der Waals surface area contributed by atoms with Crippen molar-refractivity contribution in [2.75, 3.05) is 12.4 Å². The molecule has 1 aliphatic rings. The minimum atomic E-state index is -0.638. The van der Waals surface area contributed by atoms with E-state index in [0.717, 1.165) is 6.42 Å². The molecule has 1 aromatic rings. The third-order valence-corrected chi connectivity index (χ3v) is 4.41. The van der Waals surface area contributed by atoms with E-state index in [-0.39, 0.29) is 12.6 Å². The van der Waals surface area contributed by atoms with Gasteiger partial charge < -0.3 is 15.9 Å². The van der Waals surface area contributed by atoms with Crippen molar-refractivity contribution in [3.63, 3.8) is 0 Å². The van der Waals surface area contributed by atoms with Gasteiger partial charge in [-0.2, -0.15) is 11.8 Å². The van der Waals surface area contributed by atoms with Gasteiger partial charge in [-0.25, -0.2) is 0 Å². The van der Waals surface area contributed by atoms with E-state index < -0.39 is 6.10 Å². The fourth-order valence-corrected chi connectivity index (χ4v) is 3.27. The second-order valence-electron chi connectivity index (χ2n) is 4.14. The van der Waals surface area contributed by atoms with Crippen LogP contribution < -0.4 is 5.73 Å². The molecule has 3 unspecified atom stereocenters. The molecule has 0 heterocycles. The molecule has 0 aromatic heterocycles. The maximum absolute atomic E-state index is 9.31. The summed E-state index contributed by atoms with van der Waals surface area (Å²) in [6, 6.07) is 8.27. The predicted octanol–water partition coefficient (Wildman–Crippen LogP) is 0.698. The van der Waals surface area contributed by atoms with Crippen LogP contribution in [0.25, 0.3) is 0 Å². The van der Waals surface area contributed by atoms with Crippen molar-refractivity contribution in [1.29, 1.82) is 0 Å². The molecule has 0 bridgehead atoms. The maximum atomic E-state index is 9.31. The summed E-state index contributed by atoms with van der Waals surface area (Å²) >= 11 is 1.65. The Labute approximate surface area is 99.7 Å². The lowest BCUT2D eigenvalue weighted by Crippen LogP contribution is -2.23. The molecule has 0 radical (unpaired) electrons. The van der Waals surface area contributed by atoms with Crippen molar-refractivity contribution in [3.05, 3.63) is 35.4 Å². The Morgan fingerprint density at radius 1 is 1.44 bits per heavy atom. The summed E-state index contributed by atoms with van der Waals surface area (Å²) in [5.41, 5.74) is 8.69. The number of aliphatic hydroxyl groups excluding tert-OH is 2. The van der Waals surface area contributed by atoms with Crippen LogP contribution in [0, 0.1) is 0 Å². The summed E-state index contributed by atoms with van der Waals surface area (Å²) in [6.45, 7) is -0.179. The Kier molecular flexibility index (Phi) is 3.86. The van der Waals surface area contributed by atoms with Gasteiger partial charge in [0, 0.05) is 17.0 Å². The lowest BCUT2D eigenvalue weighted by Gasteiger charge is -2.16. The van der Waals surface area contributed by atoms with Gasteiger partial charge in [-0.15, -0.1) is 0 Å². The van der Waals surface area contributed by atoms with Crippen molar-refractivity contribution in [1.82, 2.24) is 0 Å². The molecule has 1 aromatic carbocycles. The minimum Gasteiger partial charge on any atom is -0.394 e. The third-order valence-electron chi connectivity index (χ3n) is 2.95. The van der Waals surface area contributed by atoms with E-state index >= 15 is 0 Å². The van der Waals surface area contributed by atoms with Gasteiger partial charge in [-0.05, 0) is 17.5 Å². The first kappa shape index (κ1) is 11.9. The van der Waals surface area contributed by atoms with E-state index in [9.17, 15) is 5.11 Å². The molecule has 0 saturated carbocycles. The number of fused-ring (bicyclic) bond motifs is 1. The zero-order valence-electron chi connectivity index (χ0n) is 9.04. The first-order chi connectivity index (χ1) is 7.72. The normalized spacial score (nSPS) is 25.4. The van der Waals surface area contributed by atoms with Crippen molar-refractivity contribution < 1.29 is 10.2 Å². The zero-order chi connectivity index (χ0) is 11.5. The quantitative estimate of drug-likeness (QED) is 0.723. The smallest absolute Gasteiger partial charge is 0.0861 e. The third kappa shape index (κ3) is 2.40. The Hall–Kier alpha value is -0.550. The lowest BCUT2D eigenvalue weighted by molar-refractivity contribution is 0.113. The number of aliphatic hydroxyl groups is 2. The van der Waals surface area contributed by atoms with E-state index in [1.807, 2.05) is 12.1 Å². The molecule has 4 heteroatoms. The minimum absolute atomic E-state index is 0.0482. The van der Waals surface area contributed by atoms with Crippen molar-refractivity contribution in [2.24, 2.45) is 5.73 Å². The molecule has 88 valence electrons. The largest absolute Gasteiger partial charge is 0.394 e. The summed E-state index contributed by atoms with van der Waals surface area (Å²) < 4.78 is 0. The van der Waals surface area contributed by atoms with Gasteiger partial charge in [0.2, 0.25) is 0 Å². The van der Waals surface area contributed by atoms with E-state index in [2.05, 4.69) is 12.1 Å². The van der Waals surface area contributed by atoms with E-state index in [1.54, 1.807) is 11.8 Å². The molecule has 4 N–H and O–H groups in total. The Morgan fingerprint density at radius 2 is 2.19 bits per heavy atom. The highest BCUT2D eigenvalue weighted by Gasteiger charge is 2.29. The number of benzene rings is 1. The van der Waals surface area contributed by atoms with Gasteiger partial charge in [-0.3, -0.25) is 0 Å². The monoisotopic (exact) mass is 239 g/mol. The molecule has 0 aliphatic heterocycles. The summed E-state index contributed by atoms with van der Waals surface area (Å²) in [6.07, 6.45) is 0.320. The van der Waals surface area contributed by atoms with Crippen molar-refractivity contribution in [2.45, 2.75) is 23.8 Å². The zero-order valence-corrected chi connectivity index (χ0v) is 9.86. The van der Waals surface area contributed by atoms with Crippen LogP contribution in [-0.2, 0) is 6.42 Å². The summed E-state index contributed by atoms with van der Waals surface area (Å²) in [7, 11) is 0. The van der Waals surface area contributed by atoms with Gasteiger partial charge in [0.1, 0.15) is 0 Å². The Morgan fingerprint density at radius 3 is 2.88 bits per heavy atom. The molecule has 3 atom stereocenters. The Balaban J connectivity index is 1.96. The molecular formula is C12H17NO2S. The van der Waals surface area contributed by atoms with E-state index in [0.29, 0.717) is 11.0 Å². The van der Waals surface area contributed by atoms with Crippen molar-refractivity contribution in [3.8, 4) is 0 Å². The van der Waals surface area contributed by atoms with Gasteiger partial charge in [0.15, 0.2) is 0 Å². The van der Waals surface area contributed by atoms with Crippen LogP contribution in [0.15, 0.2) is 24.3 Å². The standard InChI is InChI=1S/C12H17NO2S/c13-12-10-4-2-1-3-8(10)5-11(12)16-7-9(15)6-14/h1-4,9,11-12,14-15H,5-7,13H2. The van der Waals surface area contributed by atoms with Gasteiger partial charge in [0.25, 0.3) is 0 Å². The number of hydrogen-bond donors (Lipinski definition) is 3. The van der Waals surface area contributed by atoms with Crippen LogP contribution in [0.3, 0.4) is 0 Å². The number of nitrogens with two attached hydrogens (primary N) is 1. The highest BCUT2D eigenvalue weighted by Crippen LogP contribution is 2.36. The van der Waals surface area contributed by atoms with Crippen molar-refractivity contribution >= 4 is 11.8 Å². The van der Waals surface area contributed by atoms with E-state index in [4.69, 9.17) is 10.8 Å². The summed E-state index contributed by atoms with van der Waals surface area (Å²) in [5, 5.41) is 18.4. The van der Waals surface area contributed by atoms with Crippen LogP contribution in [0.4, 0.5) is 0 Å². The molecule has 0 fully saturated rings. The number of hydrogen-bond acceptors (Lipinski definition) is 4. The molecule has 0 amide bonds. The van der Waals surface area contributed by atoms with Gasteiger partial charge in [-0.1, -0.05) is 24.3 Å².